The molecule has 1 heterocycles. The predicted octanol–water partition coefficient (Wildman–Crippen LogP) is 3.08. The van der Waals surface area contributed by atoms with Crippen LogP contribution in [0.1, 0.15) is 10.4 Å². The molecule has 0 saturated heterocycles. The third-order valence-electron chi connectivity index (χ3n) is 5.70. The zero-order valence-corrected chi connectivity index (χ0v) is 18.9. The third-order valence-corrected chi connectivity index (χ3v) is 10.4. The van der Waals surface area contributed by atoms with E-state index in [1.54, 1.807) is 24.5 Å². The Morgan fingerprint density at radius 1 is 0.688 bits per heavy atom. The second-order valence-corrected chi connectivity index (χ2v) is 11.6. The molecule has 2 N–H and O–H groups in total. The van der Waals surface area contributed by atoms with Gasteiger partial charge in [-0.05, 0) is 0 Å². The van der Waals surface area contributed by atoms with Gasteiger partial charge < -0.3 is 0 Å². The molecule has 0 unspecified atom stereocenters. The number of aromatic nitrogens is 1. The summed E-state index contributed by atoms with van der Waals surface area (Å²) in [6.45, 7) is 1.24. The third kappa shape index (κ3) is 4.94. The van der Waals surface area contributed by atoms with Crippen molar-refractivity contribution < 1.29 is 4.79 Å². The monoisotopic (exact) mass is 441 g/mol. The van der Waals surface area contributed by atoms with Gasteiger partial charge in [0, 0.05) is 0 Å². The molecule has 32 heavy (non-hydrogen) atoms. The first-order valence-electron chi connectivity index (χ1n) is 10.9. The van der Waals surface area contributed by atoms with Crippen LogP contribution in [0.25, 0.3) is 0 Å². The first-order chi connectivity index (χ1) is 15.8. The van der Waals surface area contributed by atoms with Gasteiger partial charge in [0.15, 0.2) is 0 Å². The number of rotatable bonds is 9. The van der Waals surface area contributed by atoms with E-state index in [-0.39, 0.29) is 5.91 Å². The van der Waals surface area contributed by atoms with E-state index in [1.165, 1.54) is 15.9 Å². The van der Waals surface area contributed by atoms with E-state index >= 15 is 0 Å². The average Bonchev–Trinajstić information content (AvgIpc) is 2.88. The molecule has 4 aromatic rings. The molecule has 0 bridgehead atoms. The Morgan fingerprint density at radius 3 is 1.69 bits per heavy atom. The minimum absolute atomic E-state index is 0.0995. The predicted molar refractivity (Wildman–Crippen MR) is 136 cm³/mol. The SMILES string of the molecule is O=C(NCCNC[PH](c1ccccc1)(c1ccccc1)c1ccccc1)c1cccnc1. The Bertz CT molecular complexity index is 1010. The maximum atomic E-state index is 12.3. The molecule has 4 rings (SSSR count). The van der Waals surface area contributed by atoms with Gasteiger partial charge in [0.1, 0.15) is 0 Å². The van der Waals surface area contributed by atoms with E-state index in [2.05, 4.69) is 107 Å². The number of hydrogen-bond donors (Lipinski definition) is 2. The van der Waals surface area contributed by atoms with E-state index in [0.29, 0.717) is 18.7 Å². The Kier molecular flexibility index (Phi) is 7.39. The van der Waals surface area contributed by atoms with Crippen LogP contribution in [0.4, 0.5) is 0 Å². The molecule has 162 valence electrons. The van der Waals surface area contributed by atoms with Crippen LogP contribution in [0.2, 0.25) is 0 Å². The van der Waals surface area contributed by atoms with Crippen LogP contribution in [0.5, 0.6) is 0 Å². The number of nitrogens with zero attached hydrogens (tertiary/aromatic N) is 1. The Hall–Kier alpha value is -3.33. The van der Waals surface area contributed by atoms with Gasteiger partial charge in [-0.25, -0.2) is 0 Å². The molecular weight excluding hydrogens is 413 g/mol. The number of carbonyl (C=O) groups is 1. The molecule has 1 amide bonds. The standard InChI is InChI=1S/C27H28N3OP/c31-27(23-11-10-18-28-21-23)30-20-19-29-22-32(24-12-4-1-5-13-24,25-14-6-2-7-15-25)26-16-8-3-9-17-26/h1-18,21,29,32H,19-20,22H2,(H,30,31). The van der Waals surface area contributed by atoms with Crippen molar-refractivity contribution in [1.82, 2.24) is 15.6 Å². The van der Waals surface area contributed by atoms with Gasteiger partial charge in [0.05, 0.1) is 0 Å². The van der Waals surface area contributed by atoms with Crippen molar-refractivity contribution in [3.05, 3.63) is 121 Å². The summed E-state index contributed by atoms with van der Waals surface area (Å²) < 4.78 is 0. The zero-order valence-electron chi connectivity index (χ0n) is 17.9. The van der Waals surface area contributed by atoms with Gasteiger partial charge in [-0.15, -0.1) is 0 Å². The summed E-state index contributed by atoms with van der Waals surface area (Å²) in [6.07, 6.45) is 4.09. The Morgan fingerprint density at radius 2 is 1.22 bits per heavy atom. The zero-order chi connectivity index (χ0) is 22.1. The topological polar surface area (TPSA) is 54.0 Å². The fourth-order valence-electron chi connectivity index (χ4n) is 4.11. The van der Waals surface area contributed by atoms with Crippen molar-refractivity contribution in [1.29, 1.82) is 0 Å². The molecule has 0 aliphatic heterocycles. The molecule has 0 saturated carbocycles. The van der Waals surface area contributed by atoms with E-state index < -0.39 is 7.26 Å². The summed E-state index contributed by atoms with van der Waals surface area (Å²) in [4.78, 5) is 16.3. The van der Waals surface area contributed by atoms with Crippen molar-refractivity contribution in [2.45, 2.75) is 0 Å². The minimum atomic E-state index is -2.30. The number of carbonyl (C=O) groups excluding carboxylic acids is 1. The normalized spacial score (nSPS) is 11.6. The van der Waals surface area contributed by atoms with Crippen LogP contribution in [-0.2, 0) is 0 Å². The fourth-order valence-corrected chi connectivity index (χ4v) is 8.56. The summed E-state index contributed by atoms with van der Waals surface area (Å²) in [5.41, 5.74) is 0.578. The Balaban J connectivity index is 1.55. The van der Waals surface area contributed by atoms with Gasteiger partial charge in [0.25, 0.3) is 0 Å². The molecule has 0 fully saturated rings. The second kappa shape index (κ2) is 10.8. The van der Waals surface area contributed by atoms with Gasteiger partial charge in [-0.2, -0.15) is 0 Å². The Labute approximate surface area is 190 Å². The number of hydrogen-bond acceptors (Lipinski definition) is 3. The molecule has 4 nitrogen and oxygen atoms in total. The summed E-state index contributed by atoms with van der Waals surface area (Å²) in [5.74, 6) is -0.0995. The molecular formula is C27H28N3OP. The van der Waals surface area contributed by atoms with Crippen molar-refractivity contribution in [3.8, 4) is 0 Å². The average molecular weight is 442 g/mol. The fraction of sp³-hybridized carbons (Fsp3) is 0.111. The van der Waals surface area contributed by atoms with Crippen LogP contribution in [0, 0.1) is 0 Å². The van der Waals surface area contributed by atoms with Crippen LogP contribution in [-0.4, -0.2) is 30.3 Å². The number of amides is 1. The van der Waals surface area contributed by atoms with E-state index in [9.17, 15) is 4.79 Å². The van der Waals surface area contributed by atoms with Crippen molar-refractivity contribution >= 4 is 29.1 Å². The molecule has 0 aliphatic rings. The second-order valence-electron chi connectivity index (χ2n) is 7.68. The molecule has 0 spiro atoms. The summed E-state index contributed by atoms with van der Waals surface area (Å²) in [5, 5.41) is 10.7. The molecule has 0 radical (unpaired) electrons. The van der Waals surface area contributed by atoms with Gasteiger partial charge in [0.2, 0.25) is 0 Å². The summed E-state index contributed by atoms with van der Waals surface area (Å²) in [7, 11) is -2.30. The first-order valence-corrected chi connectivity index (χ1v) is 13.1. The first kappa shape index (κ1) is 21.9. The molecule has 0 atom stereocenters. The van der Waals surface area contributed by atoms with Gasteiger partial charge in [-0.1, -0.05) is 0 Å². The van der Waals surface area contributed by atoms with Gasteiger partial charge >= 0.3 is 190 Å². The van der Waals surface area contributed by atoms with Crippen LogP contribution in [0.3, 0.4) is 0 Å². The molecule has 3 aromatic carbocycles. The number of nitrogens with one attached hydrogen (secondary N) is 2. The van der Waals surface area contributed by atoms with Crippen molar-refractivity contribution in [3.63, 3.8) is 0 Å². The van der Waals surface area contributed by atoms with Crippen LogP contribution < -0.4 is 26.5 Å². The quantitative estimate of drug-likeness (QED) is 0.310. The van der Waals surface area contributed by atoms with Gasteiger partial charge in [-0.3, -0.25) is 0 Å². The summed E-state index contributed by atoms with van der Waals surface area (Å²) >= 11 is 0. The number of benzene rings is 3. The van der Waals surface area contributed by atoms with E-state index in [4.69, 9.17) is 0 Å². The van der Waals surface area contributed by atoms with Crippen LogP contribution >= 0.6 is 7.26 Å². The maximum absolute atomic E-state index is 12.3. The van der Waals surface area contributed by atoms with Crippen LogP contribution in [0.15, 0.2) is 116 Å². The number of pyridine rings is 1. The molecule has 0 aliphatic carbocycles. The van der Waals surface area contributed by atoms with Crippen molar-refractivity contribution in [2.75, 3.05) is 19.4 Å². The van der Waals surface area contributed by atoms with Crippen molar-refractivity contribution in [2.24, 2.45) is 0 Å². The van der Waals surface area contributed by atoms with E-state index in [1.807, 2.05) is 0 Å². The summed E-state index contributed by atoms with van der Waals surface area (Å²) in [6, 6.07) is 36.0. The van der Waals surface area contributed by atoms with E-state index in [0.717, 1.165) is 6.29 Å². The molecule has 5 heteroatoms. The molecule has 1 aromatic heterocycles.